The number of carbonyl (C=O) groups excluding carboxylic acids is 1. The van der Waals surface area contributed by atoms with Gasteiger partial charge in [-0.05, 0) is 111 Å². The molecule has 0 radical (unpaired) electrons. The van der Waals surface area contributed by atoms with Gasteiger partial charge in [-0.25, -0.2) is 0 Å². The highest BCUT2D eigenvalue weighted by Gasteiger charge is 2.57. The summed E-state index contributed by atoms with van der Waals surface area (Å²) in [6, 6.07) is 0. The number of hydrogen-bond acceptors (Lipinski definition) is 2. The molecule has 0 unspecified atom stereocenters. The van der Waals surface area contributed by atoms with Gasteiger partial charge in [0, 0.05) is 6.42 Å². The normalized spacial score (nSPS) is 39.4. The van der Waals surface area contributed by atoms with Crippen LogP contribution in [0.4, 0.5) is 0 Å². The van der Waals surface area contributed by atoms with E-state index in [9.17, 15) is 9.90 Å². The lowest BCUT2D eigenvalue weighted by Gasteiger charge is -2.61. The zero-order chi connectivity index (χ0) is 23.9. The van der Waals surface area contributed by atoms with Crippen molar-refractivity contribution in [2.24, 2.45) is 34.0 Å². The standard InChI is InChI=1S/C30H50O2/c1-21-13-10-16-27(3,4)23(21)20-24(31)22(2)12-9-14-26-29(7)18-11-17-28(5,6)25(29)15-19-30(26,8)32/h12,23,25-26,32H,1,9-11,13-20H2,2-8H3/t23-,25+,26-,29+,30-/m1/s1. The molecule has 0 saturated heterocycles. The summed E-state index contributed by atoms with van der Waals surface area (Å²) in [4.78, 5) is 13.1. The zero-order valence-corrected chi connectivity index (χ0v) is 22.2. The Labute approximate surface area is 198 Å². The number of aliphatic hydroxyl groups is 1. The summed E-state index contributed by atoms with van der Waals surface area (Å²) in [5.41, 5.74) is 2.29. The summed E-state index contributed by atoms with van der Waals surface area (Å²) in [7, 11) is 0. The summed E-state index contributed by atoms with van der Waals surface area (Å²) in [6.45, 7) is 20.3. The smallest absolute Gasteiger partial charge is 0.158 e. The lowest BCUT2D eigenvalue weighted by Crippen LogP contribution is -2.57. The van der Waals surface area contributed by atoms with Crippen LogP contribution in [0.15, 0.2) is 23.8 Å². The molecule has 5 atom stereocenters. The van der Waals surface area contributed by atoms with Gasteiger partial charge in [0.2, 0.25) is 0 Å². The second-order valence-corrected chi connectivity index (χ2v) is 13.5. The molecular formula is C30H50O2. The molecule has 0 amide bonds. The maximum Gasteiger partial charge on any atom is 0.158 e. The molecule has 1 N–H and O–H groups in total. The van der Waals surface area contributed by atoms with Crippen molar-refractivity contribution in [2.45, 2.75) is 125 Å². The van der Waals surface area contributed by atoms with Crippen molar-refractivity contribution in [1.29, 1.82) is 0 Å². The van der Waals surface area contributed by atoms with Crippen LogP contribution in [0.5, 0.6) is 0 Å². The zero-order valence-electron chi connectivity index (χ0n) is 22.2. The van der Waals surface area contributed by atoms with Crippen molar-refractivity contribution in [2.75, 3.05) is 0 Å². The third kappa shape index (κ3) is 4.96. The third-order valence-electron chi connectivity index (χ3n) is 10.3. The molecule has 2 nitrogen and oxygen atoms in total. The van der Waals surface area contributed by atoms with Crippen LogP contribution < -0.4 is 0 Å². The first-order valence-corrected chi connectivity index (χ1v) is 13.3. The van der Waals surface area contributed by atoms with Crippen molar-refractivity contribution in [3.05, 3.63) is 23.8 Å². The predicted octanol–water partition coefficient (Wildman–Crippen LogP) is 8.05. The predicted molar refractivity (Wildman–Crippen MR) is 135 cm³/mol. The van der Waals surface area contributed by atoms with E-state index in [2.05, 4.69) is 54.2 Å². The molecule has 0 heterocycles. The summed E-state index contributed by atoms with van der Waals surface area (Å²) in [5, 5.41) is 11.4. The van der Waals surface area contributed by atoms with Gasteiger partial charge in [-0.3, -0.25) is 4.79 Å². The van der Waals surface area contributed by atoms with E-state index in [4.69, 9.17) is 0 Å². The van der Waals surface area contributed by atoms with Crippen LogP contribution in [-0.4, -0.2) is 16.5 Å². The molecule has 3 aliphatic rings. The van der Waals surface area contributed by atoms with E-state index >= 15 is 0 Å². The molecule has 32 heavy (non-hydrogen) atoms. The van der Waals surface area contributed by atoms with Gasteiger partial charge in [0.1, 0.15) is 0 Å². The van der Waals surface area contributed by atoms with Gasteiger partial charge in [-0.15, -0.1) is 0 Å². The highest BCUT2D eigenvalue weighted by molar-refractivity contribution is 5.95. The van der Waals surface area contributed by atoms with Crippen molar-refractivity contribution >= 4 is 5.78 Å². The van der Waals surface area contributed by atoms with Crippen LogP contribution in [0.3, 0.4) is 0 Å². The fraction of sp³-hybridized carbons (Fsp3) is 0.833. The minimum atomic E-state index is -0.603. The summed E-state index contributed by atoms with van der Waals surface area (Å²) < 4.78 is 0. The average Bonchev–Trinajstić information content (AvgIpc) is 2.65. The van der Waals surface area contributed by atoms with Crippen molar-refractivity contribution in [3.63, 3.8) is 0 Å². The van der Waals surface area contributed by atoms with Crippen LogP contribution in [0, 0.1) is 34.0 Å². The highest BCUT2D eigenvalue weighted by Crippen LogP contribution is 2.62. The number of fused-ring (bicyclic) bond motifs is 1. The Morgan fingerprint density at radius 3 is 2.34 bits per heavy atom. The molecule has 0 bridgehead atoms. The molecule has 0 spiro atoms. The third-order valence-corrected chi connectivity index (χ3v) is 10.3. The monoisotopic (exact) mass is 442 g/mol. The number of hydrogen-bond donors (Lipinski definition) is 1. The Morgan fingerprint density at radius 1 is 1.03 bits per heavy atom. The second kappa shape index (κ2) is 9.05. The Kier molecular flexibility index (Phi) is 7.27. The Hall–Kier alpha value is -0.890. The summed E-state index contributed by atoms with van der Waals surface area (Å²) >= 11 is 0. The van der Waals surface area contributed by atoms with Gasteiger partial charge in [0.15, 0.2) is 5.78 Å². The first-order chi connectivity index (χ1) is 14.7. The first kappa shape index (κ1) is 25.7. The molecule has 0 aliphatic heterocycles. The average molecular weight is 443 g/mol. The molecule has 3 rings (SSSR count). The molecule has 0 aromatic rings. The van der Waals surface area contributed by atoms with Crippen LogP contribution in [0.25, 0.3) is 0 Å². The molecule has 3 fully saturated rings. The van der Waals surface area contributed by atoms with Gasteiger partial charge in [-0.1, -0.05) is 59.3 Å². The first-order valence-electron chi connectivity index (χ1n) is 13.3. The molecule has 182 valence electrons. The fourth-order valence-electron chi connectivity index (χ4n) is 8.28. The maximum absolute atomic E-state index is 13.1. The minimum Gasteiger partial charge on any atom is -0.390 e. The van der Waals surface area contributed by atoms with Gasteiger partial charge >= 0.3 is 0 Å². The van der Waals surface area contributed by atoms with E-state index < -0.39 is 5.60 Å². The van der Waals surface area contributed by atoms with Crippen LogP contribution in [0.2, 0.25) is 0 Å². The largest absolute Gasteiger partial charge is 0.390 e. The van der Waals surface area contributed by atoms with Gasteiger partial charge in [0.25, 0.3) is 0 Å². The summed E-state index contributed by atoms with van der Waals surface area (Å²) in [5.74, 6) is 1.56. The van der Waals surface area contributed by atoms with Crippen LogP contribution >= 0.6 is 0 Å². The summed E-state index contributed by atoms with van der Waals surface area (Å²) in [6.07, 6.45) is 13.9. The maximum atomic E-state index is 13.1. The van der Waals surface area contributed by atoms with E-state index in [0.717, 1.165) is 37.7 Å². The van der Waals surface area contributed by atoms with Crippen LogP contribution in [-0.2, 0) is 4.79 Å². The Morgan fingerprint density at radius 2 is 1.69 bits per heavy atom. The van der Waals surface area contributed by atoms with Crippen molar-refractivity contribution < 1.29 is 9.90 Å². The van der Waals surface area contributed by atoms with E-state index in [0.29, 0.717) is 29.6 Å². The molecule has 3 saturated carbocycles. The Bertz CT molecular complexity index is 753. The second-order valence-electron chi connectivity index (χ2n) is 13.5. The fourth-order valence-corrected chi connectivity index (χ4v) is 8.28. The molecule has 2 heteroatoms. The molecule has 0 aromatic heterocycles. The number of rotatable bonds is 6. The van der Waals surface area contributed by atoms with E-state index in [1.807, 2.05) is 6.92 Å². The van der Waals surface area contributed by atoms with Gasteiger partial charge in [0.05, 0.1) is 5.60 Å². The molecule has 0 aromatic carbocycles. The SMILES string of the molecule is C=C1CCCC(C)(C)[C@@H]1CC(=O)C(C)=CCC[C@@H]1[C@@]2(C)CCCC(C)(C)[C@@H]2CC[C@@]1(C)O. The number of allylic oxidation sites excluding steroid dienone is 3. The molecule has 3 aliphatic carbocycles. The van der Waals surface area contributed by atoms with Crippen molar-refractivity contribution in [3.8, 4) is 0 Å². The minimum absolute atomic E-state index is 0.170. The lowest BCUT2D eigenvalue weighted by molar-refractivity contribution is -0.168. The van der Waals surface area contributed by atoms with Crippen molar-refractivity contribution in [1.82, 2.24) is 0 Å². The topological polar surface area (TPSA) is 37.3 Å². The molecular weight excluding hydrogens is 392 g/mol. The van der Waals surface area contributed by atoms with E-state index in [-0.39, 0.29) is 16.6 Å². The van der Waals surface area contributed by atoms with E-state index in [1.54, 1.807) is 0 Å². The van der Waals surface area contributed by atoms with Gasteiger partial charge < -0.3 is 5.11 Å². The number of carbonyl (C=O) groups is 1. The Balaban J connectivity index is 1.68. The lowest BCUT2D eigenvalue weighted by atomic mass is 9.45. The number of ketones is 1. The highest BCUT2D eigenvalue weighted by atomic mass is 16.3. The van der Waals surface area contributed by atoms with Crippen LogP contribution in [0.1, 0.15) is 119 Å². The van der Waals surface area contributed by atoms with E-state index in [1.165, 1.54) is 37.7 Å². The van der Waals surface area contributed by atoms with Gasteiger partial charge in [-0.2, -0.15) is 0 Å². The quantitative estimate of drug-likeness (QED) is 0.334. The number of Topliss-reactive ketones (excluding diaryl/α,β-unsaturated/α-hetero) is 1.